The summed E-state index contributed by atoms with van der Waals surface area (Å²) in [5, 5.41) is 2.17. The van der Waals surface area contributed by atoms with E-state index in [1.54, 1.807) is 4.23 Å². The Hall–Kier alpha value is -2.20. The zero-order valence-corrected chi connectivity index (χ0v) is 13.5. The van der Waals surface area contributed by atoms with E-state index in [1.807, 2.05) is 49.5 Å². The van der Waals surface area contributed by atoms with Gasteiger partial charge in [-0.25, -0.2) is 0 Å². The van der Waals surface area contributed by atoms with Crippen LogP contribution in [0.2, 0.25) is 13.1 Å². The van der Waals surface area contributed by atoms with Crippen LogP contribution < -0.4 is 15.2 Å². The zero-order valence-electron chi connectivity index (χ0n) is 12.5. The molecule has 21 heavy (non-hydrogen) atoms. The molecule has 0 atom stereocenters. The Bertz CT molecular complexity index is 854. The maximum atomic E-state index is 12.4. The predicted molar refractivity (Wildman–Crippen MR) is 86.4 cm³/mol. The molecule has 0 bridgehead atoms. The van der Waals surface area contributed by atoms with Crippen LogP contribution in [0.3, 0.4) is 0 Å². The highest BCUT2D eigenvalue weighted by molar-refractivity contribution is 6.82. The Morgan fingerprint density at radius 1 is 1.00 bits per heavy atom. The first-order valence-corrected chi connectivity index (χ1v) is 9.96. The van der Waals surface area contributed by atoms with Gasteiger partial charge >= 0.3 is 14.0 Å². The van der Waals surface area contributed by atoms with E-state index in [9.17, 15) is 4.79 Å². The van der Waals surface area contributed by atoms with Crippen molar-refractivity contribution < 1.29 is 8.65 Å². The van der Waals surface area contributed by atoms with Gasteiger partial charge in [-0.2, -0.15) is 9.03 Å². The van der Waals surface area contributed by atoms with Crippen LogP contribution in [0.15, 0.2) is 63.9 Å². The normalized spacial score (nSPS) is 11.8. The number of nitrogens with zero attached hydrogens (tertiary/aromatic N) is 1. The lowest BCUT2D eigenvalue weighted by Crippen LogP contribution is -2.74. The highest BCUT2D eigenvalue weighted by Crippen LogP contribution is 2.14. The fourth-order valence-corrected chi connectivity index (χ4v) is 4.87. The third-order valence-electron chi connectivity index (χ3n) is 3.98. The van der Waals surface area contributed by atoms with Crippen LogP contribution in [0, 0.1) is 6.92 Å². The first-order valence-electron chi connectivity index (χ1n) is 7.01. The van der Waals surface area contributed by atoms with Gasteiger partial charge in [0.15, 0.2) is 11.8 Å². The van der Waals surface area contributed by atoms with Crippen molar-refractivity contribution in [2.75, 3.05) is 0 Å². The van der Waals surface area contributed by atoms with Crippen molar-refractivity contribution in [2.24, 2.45) is 0 Å². The second-order valence-corrected chi connectivity index (χ2v) is 9.96. The highest BCUT2D eigenvalue weighted by Gasteiger charge is 2.40. The Morgan fingerprint density at radius 3 is 2.43 bits per heavy atom. The average molecular weight is 296 g/mol. The van der Waals surface area contributed by atoms with Crippen LogP contribution in [0.4, 0.5) is 0 Å². The van der Waals surface area contributed by atoms with Gasteiger partial charge in [0.2, 0.25) is 0 Å². The molecule has 0 spiro atoms. The quantitative estimate of drug-likeness (QED) is 0.680. The van der Waals surface area contributed by atoms with Crippen molar-refractivity contribution in [1.29, 1.82) is 0 Å². The molecule has 3 nitrogen and oxygen atoms in total. The third-order valence-corrected chi connectivity index (χ3v) is 7.24. The molecule has 0 fully saturated rings. The summed E-state index contributed by atoms with van der Waals surface area (Å²) < 4.78 is 7.37. The molecule has 4 heteroatoms. The SMILES string of the molecule is Cc1cccc2c[n+]([Si](C)(C)c3ccccc3)c(=O)oc12. The molecule has 0 amide bonds. The van der Waals surface area contributed by atoms with Gasteiger partial charge in [-0.1, -0.05) is 42.5 Å². The van der Waals surface area contributed by atoms with E-state index in [1.165, 1.54) is 5.19 Å². The summed E-state index contributed by atoms with van der Waals surface area (Å²) in [6, 6.07) is 16.1. The smallest absolute Gasteiger partial charge is 0.373 e. The van der Waals surface area contributed by atoms with Gasteiger partial charge in [-0.15, -0.1) is 0 Å². The summed E-state index contributed by atoms with van der Waals surface area (Å²) in [5.41, 5.74) is 1.66. The minimum absolute atomic E-state index is 0.280. The molecule has 0 aliphatic heterocycles. The van der Waals surface area contributed by atoms with Crippen LogP contribution >= 0.6 is 0 Å². The molecule has 106 valence electrons. The first kappa shape index (κ1) is 13.8. The van der Waals surface area contributed by atoms with E-state index in [0.29, 0.717) is 5.58 Å². The number of hydrogen-bond donors (Lipinski definition) is 0. The summed E-state index contributed by atoms with van der Waals surface area (Å²) in [7, 11) is -2.12. The molecule has 0 aliphatic carbocycles. The van der Waals surface area contributed by atoms with Gasteiger partial charge in [0.25, 0.3) is 0 Å². The fourth-order valence-electron chi connectivity index (χ4n) is 2.62. The van der Waals surface area contributed by atoms with Crippen LogP contribution in [-0.2, 0) is 0 Å². The molecular formula is C17H18NO2Si+. The maximum Gasteiger partial charge on any atom is 0.580 e. The molecule has 0 unspecified atom stereocenters. The Kier molecular flexibility index (Phi) is 3.26. The molecular weight excluding hydrogens is 278 g/mol. The van der Waals surface area contributed by atoms with Crippen molar-refractivity contribution in [3.8, 4) is 0 Å². The number of aromatic nitrogens is 1. The number of para-hydroxylation sites is 1. The van der Waals surface area contributed by atoms with Gasteiger partial charge in [0.05, 0.1) is 5.39 Å². The Balaban J connectivity index is 2.26. The van der Waals surface area contributed by atoms with Crippen LogP contribution in [0.5, 0.6) is 0 Å². The summed E-state index contributed by atoms with van der Waals surface area (Å²) in [5.74, 6) is -0.280. The van der Waals surface area contributed by atoms with Gasteiger partial charge in [-0.3, -0.25) is 0 Å². The monoisotopic (exact) mass is 296 g/mol. The lowest BCUT2D eigenvalue weighted by atomic mass is 10.2. The van der Waals surface area contributed by atoms with Crippen molar-refractivity contribution in [2.45, 2.75) is 20.0 Å². The Morgan fingerprint density at radius 2 is 1.71 bits per heavy atom. The van der Waals surface area contributed by atoms with Gasteiger partial charge < -0.3 is 4.42 Å². The third kappa shape index (κ3) is 2.32. The number of fused-ring (bicyclic) bond motifs is 1. The minimum atomic E-state index is -2.12. The molecule has 0 saturated carbocycles. The van der Waals surface area contributed by atoms with E-state index < -0.39 is 8.24 Å². The summed E-state index contributed by atoms with van der Waals surface area (Å²) >= 11 is 0. The van der Waals surface area contributed by atoms with Crippen molar-refractivity contribution in [1.82, 2.24) is 0 Å². The Labute approximate surface area is 124 Å². The van der Waals surface area contributed by atoms with Crippen LogP contribution in [0.25, 0.3) is 11.0 Å². The summed E-state index contributed by atoms with van der Waals surface area (Å²) in [6.07, 6.45) is 1.94. The molecule has 3 rings (SSSR count). The predicted octanol–water partition coefficient (Wildman–Crippen LogP) is 2.35. The van der Waals surface area contributed by atoms with E-state index in [2.05, 4.69) is 25.2 Å². The number of aryl methyl sites for hydroxylation is 1. The van der Waals surface area contributed by atoms with Crippen LogP contribution in [0.1, 0.15) is 5.56 Å². The molecule has 0 radical (unpaired) electrons. The van der Waals surface area contributed by atoms with Crippen LogP contribution in [-0.4, -0.2) is 8.24 Å². The lowest BCUT2D eigenvalue weighted by molar-refractivity contribution is -0.573. The zero-order chi connectivity index (χ0) is 15.0. The minimum Gasteiger partial charge on any atom is -0.373 e. The molecule has 2 aromatic carbocycles. The van der Waals surface area contributed by atoms with E-state index >= 15 is 0 Å². The lowest BCUT2D eigenvalue weighted by Gasteiger charge is -2.14. The van der Waals surface area contributed by atoms with Gasteiger partial charge in [0, 0.05) is 5.19 Å². The second-order valence-electron chi connectivity index (χ2n) is 5.79. The summed E-state index contributed by atoms with van der Waals surface area (Å²) in [4.78, 5) is 12.4. The second kappa shape index (κ2) is 4.97. The van der Waals surface area contributed by atoms with E-state index in [4.69, 9.17) is 4.42 Å². The number of hydrogen-bond acceptors (Lipinski definition) is 2. The largest absolute Gasteiger partial charge is 0.580 e. The van der Waals surface area contributed by atoms with E-state index in [0.717, 1.165) is 10.9 Å². The topological polar surface area (TPSA) is 34.1 Å². The average Bonchev–Trinajstić information content (AvgIpc) is 2.48. The van der Waals surface area contributed by atoms with Crippen molar-refractivity contribution >= 4 is 24.4 Å². The highest BCUT2D eigenvalue weighted by atomic mass is 28.3. The standard InChI is InChI=1S/C17H18NO2Si/c1-13-8-7-9-14-12-18(17(19)20-16(13)14)21(2,3)15-10-5-4-6-11-15/h4-12H,1-3H3/q+1. The molecule has 3 aromatic rings. The number of benzene rings is 2. The van der Waals surface area contributed by atoms with Gasteiger partial charge in [0.1, 0.15) is 0 Å². The maximum absolute atomic E-state index is 12.4. The van der Waals surface area contributed by atoms with Gasteiger partial charge in [-0.05, 0) is 31.6 Å². The molecule has 1 heterocycles. The molecule has 0 N–H and O–H groups in total. The van der Waals surface area contributed by atoms with E-state index in [-0.39, 0.29) is 5.76 Å². The first-order chi connectivity index (χ1) is 10.00. The molecule has 1 aromatic heterocycles. The summed E-state index contributed by atoms with van der Waals surface area (Å²) in [6.45, 7) is 6.26. The number of rotatable bonds is 2. The molecule has 0 saturated heterocycles. The fraction of sp³-hybridized carbons (Fsp3) is 0.176. The molecule has 0 aliphatic rings. The van der Waals surface area contributed by atoms with Crippen molar-refractivity contribution in [3.63, 3.8) is 0 Å². The van der Waals surface area contributed by atoms with Crippen molar-refractivity contribution in [3.05, 3.63) is 70.8 Å².